The molecule has 0 saturated carbocycles. The van der Waals surface area contributed by atoms with Gasteiger partial charge >= 0.3 is 0 Å². The van der Waals surface area contributed by atoms with Crippen LogP contribution in [0.4, 0.5) is 5.13 Å². The first-order valence-corrected chi connectivity index (χ1v) is 14.3. The van der Waals surface area contributed by atoms with E-state index in [1.165, 1.54) is 42.0 Å². The molecule has 0 unspecified atom stereocenters. The molecule has 0 fully saturated rings. The van der Waals surface area contributed by atoms with Crippen molar-refractivity contribution in [3.05, 3.63) is 53.1 Å². The number of carbonyl (C=O) groups is 1. The van der Waals surface area contributed by atoms with Gasteiger partial charge in [-0.25, -0.2) is 13.4 Å². The second-order valence-electron chi connectivity index (χ2n) is 9.10. The molecule has 0 spiro atoms. The number of hydrogen-bond acceptors (Lipinski definition) is 8. The molecule has 0 saturated heterocycles. The Balaban J connectivity index is 1.91. The predicted octanol–water partition coefficient (Wildman–Crippen LogP) is 3.41. The number of anilines is 1. The summed E-state index contributed by atoms with van der Waals surface area (Å²) in [6.07, 6.45) is 0. The number of ether oxygens (including phenoxy) is 2. The van der Waals surface area contributed by atoms with Crippen LogP contribution in [0.5, 0.6) is 0 Å². The zero-order chi connectivity index (χ0) is 27.2. The monoisotopic (exact) mass is 548 g/mol. The SMILES string of the molecule is COCCN(CCOC)S(=O)(=O)c1ccc(C(=O)N(CCN(C)C)c2nc3c(C)cc(C)cc3s2)cc1. The quantitative estimate of drug-likeness (QED) is 0.323. The minimum atomic E-state index is -3.78. The van der Waals surface area contributed by atoms with Crippen molar-refractivity contribution < 1.29 is 22.7 Å². The van der Waals surface area contributed by atoms with E-state index in [1.807, 2.05) is 32.8 Å². The summed E-state index contributed by atoms with van der Waals surface area (Å²) in [5.41, 5.74) is 3.50. The van der Waals surface area contributed by atoms with Crippen molar-refractivity contribution >= 4 is 42.6 Å². The van der Waals surface area contributed by atoms with E-state index in [0.717, 1.165) is 21.3 Å². The molecule has 11 heteroatoms. The summed E-state index contributed by atoms with van der Waals surface area (Å²) >= 11 is 1.48. The molecule has 37 heavy (non-hydrogen) atoms. The molecule has 0 atom stereocenters. The maximum Gasteiger partial charge on any atom is 0.260 e. The van der Waals surface area contributed by atoms with Gasteiger partial charge in [0.05, 0.1) is 28.3 Å². The van der Waals surface area contributed by atoms with Gasteiger partial charge in [-0.05, 0) is 69.4 Å². The molecule has 202 valence electrons. The lowest BCUT2D eigenvalue weighted by atomic mass is 10.1. The van der Waals surface area contributed by atoms with Crippen LogP contribution in [0.15, 0.2) is 41.3 Å². The zero-order valence-corrected chi connectivity index (χ0v) is 24.0. The fourth-order valence-corrected chi connectivity index (χ4v) is 6.45. The number of carbonyl (C=O) groups excluding carboxylic acids is 1. The normalized spacial score (nSPS) is 12.1. The Labute approximate surface area is 223 Å². The van der Waals surface area contributed by atoms with Crippen molar-refractivity contribution in [2.75, 3.05) is 72.6 Å². The topological polar surface area (TPSA) is 92.3 Å². The zero-order valence-electron chi connectivity index (χ0n) is 22.4. The summed E-state index contributed by atoms with van der Waals surface area (Å²) in [4.78, 5) is 22.2. The summed E-state index contributed by atoms with van der Waals surface area (Å²) in [6.45, 7) is 6.11. The lowest BCUT2D eigenvalue weighted by Crippen LogP contribution is -2.37. The first-order chi connectivity index (χ1) is 17.6. The van der Waals surface area contributed by atoms with Crippen LogP contribution in [-0.2, 0) is 19.5 Å². The van der Waals surface area contributed by atoms with E-state index < -0.39 is 10.0 Å². The van der Waals surface area contributed by atoms with Gasteiger partial charge in [0.15, 0.2) is 5.13 Å². The fraction of sp³-hybridized carbons (Fsp3) is 0.462. The second kappa shape index (κ2) is 12.9. The molecule has 0 aliphatic rings. The predicted molar refractivity (Wildman–Crippen MR) is 148 cm³/mol. The van der Waals surface area contributed by atoms with Crippen LogP contribution >= 0.6 is 11.3 Å². The highest BCUT2D eigenvalue weighted by Gasteiger charge is 2.26. The number of fused-ring (bicyclic) bond motifs is 1. The highest BCUT2D eigenvalue weighted by molar-refractivity contribution is 7.89. The van der Waals surface area contributed by atoms with Gasteiger partial charge < -0.3 is 14.4 Å². The summed E-state index contributed by atoms with van der Waals surface area (Å²) in [6, 6.07) is 10.2. The number of methoxy groups -OCH3 is 2. The average Bonchev–Trinajstić information content (AvgIpc) is 3.28. The van der Waals surface area contributed by atoms with Crippen LogP contribution in [0.1, 0.15) is 21.5 Å². The first-order valence-electron chi connectivity index (χ1n) is 12.0. The minimum absolute atomic E-state index is 0.113. The third kappa shape index (κ3) is 7.13. The Kier molecular flexibility index (Phi) is 10.2. The summed E-state index contributed by atoms with van der Waals surface area (Å²) in [5, 5.41) is 0.623. The molecule has 9 nitrogen and oxygen atoms in total. The van der Waals surface area contributed by atoms with E-state index in [4.69, 9.17) is 14.5 Å². The van der Waals surface area contributed by atoms with Gasteiger partial charge in [-0.3, -0.25) is 9.69 Å². The van der Waals surface area contributed by atoms with E-state index >= 15 is 0 Å². The molecular weight excluding hydrogens is 512 g/mol. The number of rotatable bonds is 13. The smallest absolute Gasteiger partial charge is 0.260 e. The highest BCUT2D eigenvalue weighted by atomic mass is 32.2. The maximum atomic E-state index is 13.6. The summed E-state index contributed by atoms with van der Waals surface area (Å²) < 4.78 is 38.9. The number of likely N-dealkylation sites (N-methyl/N-ethyl adjacent to an activating group) is 1. The molecule has 1 heterocycles. The molecule has 0 radical (unpaired) electrons. The number of benzene rings is 2. The van der Waals surface area contributed by atoms with Crippen LogP contribution in [0.25, 0.3) is 10.2 Å². The van der Waals surface area contributed by atoms with Crippen molar-refractivity contribution in [3.63, 3.8) is 0 Å². The first kappa shape index (κ1) is 29.2. The number of sulfonamides is 1. The molecule has 2 aromatic carbocycles. The molecule has 1 aromatic heterocycles. The number of hydrogen-bond donors (Lipinski definition) is 0. The lowest BCUT2D eigenvalue weighted by Gasteiger charge is -2.23. The average molecular weight is 549 g/mol. The van der Waals surface area contributed by atoms with Crippen molar-refractivity contribution in [3.8, 4) is 0 Å². The molecule has 3 rings (SSSR count). The van der Waals surface area contributed by atoms with E-state index in [9.17, 15) is 13.2 Å². The van der Waals surface area contributed by atoms with Crippen molar-refractivity contribution in [2.24, 2.45) is 0 Å². The van der Waals surface area contributed by atoms with Crippen molar-refractivity contribution in [1.82, 2.24) is 14.2 Å². The number of aromatic nitrogens is 1. The lowest BCUT2D eigenvalue weighted by molar-refractivity contribution is 0.0985. The largest absolute Gasteiger partial charge is 0.383 e. The Hall–Kier alpha value is -2.41. The third-order valence-corrected chi connectivity index (χ3v) is 8.83. The number of amides is 1. The van der Waals surface area contributed by atoms with Crippen LogP contribution in [-0.4, -0.2) is 96.2 Å². The Bertz CT molecular complexity index is 1300. The number of thiazole rings is 1. The fourth-order valence-electron chi connectivity index (χ4n) is 3.87. The van der Waals surface area contributed by atoms with E-state index in [0.29, 0.717) is 23.8 Å². The van der Waals surface area contributed by atoms with Crippen LogP contribution < -0.4 is 4.90 Å². The van der Waals surface area contributed by atoms with Gasteiger partial charge in [0.1, 0.15) is 0 Å². The highest BCUT2D eigenvalue weighted by Crippen LogP contribution is 2.32. The molecule has 0 aliphatic heterocycles. The number of nitrogens with zero attached hydrogens (tertiary/aromatic N) is 4. The van der Waals surface area contributed by atoms with Crippen molar-refractivity contribution in [2.45, 2.75) is 18.7 Å². The molecular formula is C26H36N4O5S2. The summed E-state index contributed by atoms with van der Waals surface area (Å²) in [7, 11) is 3.18. The van der Waals surface area contributed by atoms with Crippen LogP contribution in [0, 0.1) is 13.8 Å². The van der Waals surface area contributed by atoms with Gasteiger partial charge in [0.2, 0.25) is 10.0 Å². The third-order valence-electron chi connectivity index (χ3n) is 5.89. The Morgan fingerprint density at radius 1 is 0.946 bits per heavy atom. The van der Waals surface area contributed by atoms with Gasteiger partial charge in [-0.1, -0.05) is 17.4 Å². The summed E-state index contributed by atoms with van der Waals surface area (Å²) in [5.74, 6) is -0.227. The van der Waals surface area contributed by atoms with Crippen LogP contribution in [0.2, 0.25) is 0 Å². The molecule has 0 N–H and O–H groups in total. The standard InChI is InChI=1S/C26H36N4O5S2/c1-19-17-20(2)24-23(18-19)36-26(27-24)30(12-11-28(3)4)25(31)21-7-9-22(10-8-21)37(32,33)29(13-15-34-5)14-16-35-6/h7-10,17-18H,11-16H2,1-6H3. The van der Waals surface area contributed by atoms with E-state index in [-0.39, 0.29) is 37.1 Å². The van der Waals surface area contributed by atoms with Crippen LogP contribution in [0.3, 0.4) is 0 Å². The molecule has 3 aromatic rings. The number of aryl methyl sites for hydroxylation is 2. The molecule has 0 bridgehead atoms. The molecule has 1 amide bonds. The van der Waals surface area contributed by atoms with E-state index in [1.54, 1.807) is 17.0 Å². The Morgan fingerprint density at radius 2 is 1.57 bits per heavy atom. The van der Waals surface area contributed by atoms with Crippen molar-refractivity contribution in [1.29, 1.82) is 0 Å². The second-order valence-corrected chi connectivity index (χ2v) is 12.0. The van der Waals surface area contributed by atoms with Gasteiger partial charge in [-0.2, -0.15) is 4.31 Å². The Morgan fingerprint density at radius 3 is 2.14 bits per heavy atom. The van der Waals surface area contributed by atoms with Gasteiger partial charge in [0, 0.05) is 46.0 Å². The van der Waals surface area contributed by atoms with E-state index in [2.05, 4.69) is 12.1 Å². The maximum absolute atomic E-state index is 13.6. The van der Waals surface area contributed by atoms with Gasteiger partial charge in [0.25, 0.3) is 5.91 Å². The van der Waals surface area contributed by atoms with Gasteiger partial charge in [-0.15, -0.1) is 0 Å². The molecule has 0 aliphatic carbocycles. The minimum Gasteiger partial charge on any atom is -0.383 e.